The van der Waals surface area contributed by atoms with Crippen molar-refractivity contribution in [1.82, 2.24) is 4.57 Å². The number of hydrogen-bond donors (Lipinski definition) is 1. The van der Waals surface area contributed by atoms with E-state index in [0.717, 1.165) is 12.2 Å². The molecule has 2 aromatic rings. The minimum absolute atomic E-state index is 0.865. The number of nitrogens with zero attached hydrogens (tertiary/aromatic N) is 2. The summed E-state index contributed by atoms with van der Waals surface area (Å²) in [5.74, 6) is 0. The van der Waals surface area contributed by atoms with E-state index in [1.807, 2.05) is 0 Å². The van der Waals surface area contributed by atoms with Gasteiger partial charge in [0.2, 0.25) is 0 Å². The zero-order chi connectivity index (χ0) is 14.0. The summed E-state index contributed by atoms with van der Waals surface area (Å²) < 4.78 is 2.23. The molecule has 0 radical (unpaired) electrons. The molecule has 0 saturated carbocycles. The Morgan fingerprint density at radius 3 is 2.47 bits per heavy atom. The van der Waals surface area contributed by atoms with Crippen molar-refractivity contribution in [3.05, 3.63) is 47.3 Å². The predicted octanol–water partition coefficient (Wildman–Crippen LogP) is 3.32. The van der Waals surface area contributed by atoms with Crippen molar-refractivity contribution in [3.63, 3.8) is 0 Å². The number of aryl methyl sites for hydroxylation is 1. The topological polar surface area (TPSA) is 20.2 Å². The van der Waals surface area contributed by atoms with Gasteiger partial charge in [0.1, 0.15) is 0 Å². The van der Waals surface area contributed by atoms with Gasteiger partial charge in [0, 0.05) is 50.5 Å². The summed E-state index contributed by atoms with van der Waals surface area (Å²) in [7, 11) is 6.23. The Labute approximate surface area is 115 Å². The molecule has 0 aliphatic rings. The van der Waals surface area contributed by atoms with E-state index in [0.29, 0.717) is 0 Å². The lowest BCUT2D eigenvalue weighted by Crippen LogP contribution is -2.09. The third-order valence-electron chi connectivity index (χ3n) is 3.73. The van der Waals surface area contributed by atoms with Crippen LogP contribution in [0.2, 0.25) is 0 Å². The minimum Gasteiger partial charge on any atom is -0.381 e. The van der Waals surface area contributed by atoms with Gasteiger partial charge in [-0.05, 0) is 43.7 Å². The monoisotopic (exact) mass is 257 g/mol. The Morgan fingerprint density at radius 2 is 1.89 bits per heavy atom. The maximum atomic E-state index is 3.50. The Morgan fingerprint density at radius 1 is 1.16 bits per heavy atom. The van der Waals surface area contributed by atoms with E-state index in [9.17, 15) is 0 Å². The molecular formula is C16H23N3. The molecule has 0 fully saturated rings. The van der Waals surface area contributed by atoms with Gasteiger partial charge >= 0.3 is 0 Å². The number of hydrogen-bond acceptors (Lipinski definition) is 2. The molecule has 0 saturated heterocycles. The number of anilines is 2. The molecule has 1 aromatic carbocycles. The van der Waals surface area contributed by atoms with Gasteiger partial charge in [-0.3, -0.25) is 0 Å². The van der Waals surface area contributed by atoms with Crippen LogP contribution in [0, 0.1) is 13.8 Å². The normalized spacial score (nSPS) is 10.6. The van der Waals surface area contributed by atoms with Crippen LogP contribution in [0.5, 0.6) is 0 Å². The predicted molar refractivity (Wildman–Crippen MR) is 83.0 cm³/mol. The van der Waals surface area contributed by atoms with Crippen LogP contribution in [0.4, 0.5) is 11.4 Å². The second kappa shape index (κ2) is 5.39. The number of rotatable bonds is 4. The molecule has 3 heteroatoms. The van der Waals surface area contributed by atoms with Crippen LogP contribution in [0.3, 0.4) is 0 Å². The molecule has 1 heterocycles. The molecule has 3 nitrogen and oxygen atoms in total. The highest BCUT2D eigenvalue weighted by Gasteiger charge is 2.05. The SMILES string of the molecule is Cc1cc(CNc2cccc(N(C)C)c2)c(C)n1C. The van der Waals surface area contributed by atoms with Crippen molar-refractivity contribution in [2.45, 2.75) is 20.4 Å². The van der Waals surface area contributed by atoms with Gasteiger partial charge in [-0.2, -0.15) is 0 Å². The summed E-state index contributed by atoms with van der Waals surface area (Å²) in [6, 6.07) is 10.7. The molecule has 0 unspecified atom stereocenters. The summed E-state index contributed by atoms with van der Waals surface area (Å²) in [5.41, 5.74) is 6.36. The van der Waals surface area contributed by atoms with E-state index in [1.54, 1.807) is 0 Å². The molecule has 1 N–H and O–H groups in total. The van der Waals surface area contributed by atoms with Crippen molar-refractivity contribution >= 4 is 11.4 Å². The molecule has 0 aliphatic carbocycles. The lowest BCUT2D eigenvalue weighted by molar-refractivity contribution is 0.837. The van der Waals surface area contributed by atoms with Crippen LogP contribution in [0.15, 0.2) is 30.3 Å². The first-order valence-electron chi connectivity index (χ1n) is 6.62. The van der Waals surface area contributed by atoms with Crippen LogP contribution >= 0.6 is 0 Å². The maximum Gasteiger partial charge on any atom is 0.0418 e. The number of aromatic nitrogens is 1. The van der Waals surface area contributed by atoms with Crippen LogP contribution in [-0.4, -0.2) is 18.7 Å². The van der Waals surface area contributed by atoms with Crippen LogP contribution in [0.1, 0.15) is 17.0 Å². The quantitative estimate of drug-likeness (QED) is 0.906. The Balaban J connectivity index is 2.10. The van der Waals surface area contributed by atoms with Gasteiger partial charge in [0.15, 0.2) is 0 Å². The average molecular weight is 257 g/mol. The first kappa shape index (κ1) is 13.5. The standard InChI is InChI=1S/C16H23N3/c1-12-9-14(13(2)19(12)5)11-17-15-7-6-8-16(10-15)18(3)4/h6-10,17H,11H2,1-5H3. The summed E-state index contributed by atoms with van der Waals surface area (Å²) in [5, 5.41) is 3.50. The third kappa shape index (κ3) is 2.92. The van der Waals surface area contributed by atoms with Crippen molar-refractivity contribution in [3.8, 4) is 0 Å². The van der Waals surface area contributed by atoms with Crippen molar-refractivity contribution < 1.29 is 0 Å². The second-order valence-electron chi connectivity index (χ2n) is 5.25. The summed E-state index contributed by atoms with van der Waals surface area (Å²) in [4.78, 5) is 2.11. The Hall–Kier alpha value is -1.90. The van der Waals surface area contributed by atoms with Crippen molar-refractivity contribution in [2.75, 3.05) is 24.3 Å². The third-order valence-corrected chi connectivity index (χ3v) is 3.73. The second-order valence-corrected chi connectivity index (χ2v) is 5.25. The van der Waals surface area contributed by atoms with Gasteiger partial charge in [-0.25, -0.2) is 0 Å². The zero-order valence-electron chi connectivity index (χ0n) is 12.5. The molecule has 0 atom stereocenters. The van der Waals surface area contributed by atoms with Gasteiger partial charge < -0.3 is 14.8 Å². The number of benzene rings is 1. The first-order chi connectivity index (χ1) is 8.99. The fourth-order valence-electron chi connectivity index (χ4n) is 2.20. The van der Waals surface area contributed by atoms with E-state index < -0.39 is 0 Å². The van der Waals surface area contributed by atoms with Gasteiger partial charge in [-0.1, -0.05) is 6.07 Å². The summed E-state index contributed by atoms with van der Waals surface area (Å²) in [6.45, 7) is 5.17. The zero-order valence-corrected chi connectivity index (χ0v) is 12.5. The maximum absolute atomic E-state index is 3.50. The van der Waals surface area contributed by atoms with E-state index in [2.05, 4.69) is 80.1 Å². The summed E-state index contributed by atoms with van der Waals surface area (Å²) in [6.07, 6.45) is 0. The average Bonchev–Trinajstić information content (AvgIpc) is 2.64. The van der Waals surface area contributed by atoms with Gasteiger partial charge in [-0.15, -0.1) is 0 Å². The van der Waals surface area contributed by atoms with E-state index in [4.69, 9.17) is 0 Å². The van der Waals surface area contributed by atoms with E-state index in [1.165, 1.54) is 22.6 Å². The fraction of sp³-hybridized carbons (Fsp3) is 0.375. The number of nitrogens with one attached hydrogen (secondary N) is 1. The molecule has 0 amide bonds. The van der Waals surface area contributed by atoms with Gasteiger partial charge in [0.05, 0.1) is 0 Å². The molecule has 0 bridgehead atoms. The fourth-order valence-corrected chi connectivity index (χ4v) is 2.20. The highest BCUT2D eigenvalue weighted by atomic mass is 15.1. The summed E-state index contributed by atoms with van der Waals surface area (Å²) >= 11 is 0. The lowest BCUT2D eigenvalue weighted by Gasteiger charge is -2.14. The van der Waals surface area contributed by atoms with Crippen molar-refractivity contribution in [2.24, 2.45) is 7.05 Å². The van der Waals surface area contributed by atoms with E-state index in [-0.39, 0.29) is 0 Å². The van der Waals surface area contributed by atoms with Crippen LogP contribution in [0.25, 0.3) is 0 Å². The van der Waals surface area contributed by atoms with Crippen LogP contribution < -0.4 is 10.2 Å². The molecule has 19 heavy (non-hydrogen) atoms. The van der Waals surface area contributed by atoms with Crippen molar-refractivity contribution in [1.29, 1.82) is 0 Å². The first-order valence-corrected chi connectivity index (χ1v) is 6.62. The molecule has 2 rings (SSSR count). The molecule has 1 aromatic heterocycles. The lowest BCUT2D eigenvalue weighted by atomic mass is 10.2. The van der Waals surface area contributed by atoms with E-state index >= 15 is 0 Å². The highest BCUT2D eigenvalue weighted by Crippen LogP contribution is 2.19. The molecule has 0 aliphatic heterocycles. The van der Waals surface area contributed by atoms with Crippen LogP contribution in [-0.2, 0) is 13.6 Å². The van der Waals surface area contributed by atoms with Gasteiger partial charge in [0.25, 0.3) is 0 Å². The Kier molecular flexibility index (Phi) is 3.84. The Bertz CT molecular complexity index is 567. The highest BCUT2D eigenvalue weighted by molar-refractivity contribution is 5.57. The molecule has 102 valence electrons. The minimum atomic E-state index is 0.865. The smallest absolute Gasteiger partial charge is 0.0418 e. The largest absolute Gasteiger partial charge is 0.381 e. The molecule has 0 spiro atoms. The molecular weight excluding hydrogens is 234 g/mol.